The molecule has 22 heavy (non-hydrogen) atoms. The lowest BCUT2D eigenvalue weighted by atomic mass is 9.97. The van der Waals surface area contributed by atoms with Crippen molar-refractivity contribution in [3.63, 3.8) is 0 Å². The van der Waals surface area contributed by atoms with E-state index in [1.807, 2.05) is 0 Å². The average molecular weight is 304 g/mol. The minimum Gasteiger partial charge on any atom is -0.356 e. The van der Waals surface area contributed by atoms with Crippen molar-refractivity contribution in [2.24, 2.45) is 5.92 Å². The van der Waals surface area contributed by atoms with E-state index in [9.17, 15) is 14.4 Å². The van der Waals surface area contributed by atoms with Crippen LogP contribution in [-0.2, 0) is 16.1 Å². The van der Waals surface area contributed by atoms with Crippen LogP contribution in [0.1, 0.15) is 37.3 Å². The fraction of sp³-hybridized carbons (Fsp3) is 0.600. The molecular formula is C15H20N4O3. The number of amides is 2. The SMILES string of the molecule is O=C1CC(C(=O)NCCn2nc(C3CC3)ccc2=O)CCN1. The summed E-state index contributed by atoms with van der Waals surface area (Å²) >= 11 is 0. The molecule has 0 radical (unpaired) electrons. The van der Waals surface area contributed by atoms with E-state index in [1.165, 1.54) is 10.7 Å². The van der Waals surface area contributed by atoms with Gasteiger partial charge in [-0.3, -0.25) is 14.4 Å². The predicted molar refractivity (Wildman–Crippen MR) is 79.2 cm³/mol. The highest BCUT2D eigenvalue weighted by Crippen LogP contribution is 2.38. The van der Waals surface area contributed by atoms with Crippen molar-refractivity contribution in [2.75, 3.05) is 13.1 Å². The second-order valence-corrected chi connectivity index (χ2v) is 5.92. The third-order valence-electron chi connectivity index (χ3n) is 4.12. The molecule has 7 heteroatoms. The molecule has 2 heterocycles. The van der Waals surface area contributed by atoms with Gasteiger partial charge in [-0.2, -0.15) is 5.10 Å². The van der Waals surface area contributed by atoms with Gasteiger partial charge in [0.1, 0.15) is 0 Å². The lowest BCUT2D eigenvalue weighted by Gasteiger charge is -2.21. The van der Waals surface area contributed by atoms with Crippen LogP contribution in [0, 0.1) is 5.92 Å². The van der Waals surface area contributed by atoms with E-state index in [0.29, 0.717) is 32.0 Å². The molecule has 2 amide bonds. The highest BCUT2D eigenvalue weighted by molar-refractivity contribution is 5.86. The van der Waals surface area contributed by atoms with Gasteiger partial charge in [-0.05, 0) is 25.3 Å². The molecule has 1 aromatic heterocycles. The molecule has 1 saturated heterocycles. The normalized spacial score (nSPS) is 21.3. The second-order valence-electron chi connectivity index (χ2n) is 5.92. The third-order valence-corrected chi connectivity index (χ3v) is 4.12. The minimum absolute atomic E-state index is 0.0820. The molecule has 2 N–H and O–H groups in total. The number of piperidine rings is 1. The molecule has 1 aromatic rings. The maximum absolute atomic E-state index is 12.0. The topological polar surface area (TPSA) is 93.1 Å². The number of hydrogen-bond acceptors (Lipinski definition) is 4. The second kappa shape index (κ2) is 6.29. The number of hydrogen-bond donors (Lipinski definition) is 2. The predicted octanol–water partition coefficient (Wildman–Crippen LogP) is -0.237. The summed E-state index contributed by atoms with van der Waals surface area (Å²) in [6.45, 7) is 1.24. The molecule has 1 saturated carbocycles. The molecule has 1 aliphatic heterocycles. The number of rotatable bonds is 5. The molecule has 0 spiro atoms. The molecule has 0 bridgehead atoms. The van der Waals surface area contributed by atoms with Crippen LogP contribution in [0.4, 0.5) is 0 Å². The highest BCUT2D eigenvalue weighted by atomic mass is 16.2. The zero-order valence-electron chi connectivity index (χ0n) is 12.4. The Morgan fingerprint density at radius 1 is 1.32 bits per heavy atom. The van der Waals surface area contributed by atoms with E-state index >= 15 is 0 Å². The van der Waals surface area contributed by atoms with Gasteiger partial charge in [0.2, 0.25) is 11.8 Å². The molecule has 3 rings (SSSR count). The summed E-state index contributed by atoms with van der Waals surface area (Å²) in [7, 11) is 0. The summed E-state index contributed by atoms with van der Waals surface area (Å²) < 4.78 is 1.40. The Morgan fingerprint density at radius 2 is 2.14 bits per heavy atom. The summed E-state index contributed by atoms with van der Waals surface area (Å²) in [6, 6.07) is 3.32. The Balaban J connectivity index is 1.52. The van der Waals surface area contributed by atoms with Gasteiger partial charge in [-0.1, -0.05) is 0 Å². The first-order valence-corrected chi connectivity index (χ1v) is 7.76. The molecule has 1 atom stereocenters. The van der Waals surface area contributed by atoms with Gasteiger partial charge in [-0.15, -0.1) is 0 Å². The maximum atomic E-state index is 12.0. The number of nitrogens with one attached hydrogen (secondary N) is 2. The van der Waals surface area contributed by atoms with Crippen molar-refractivity contribution in [1.29, 1.82) is 0 Å². The molecular weight excluding hydrogens is 284 g/mol. The summed E-state index contributed by atoms with van der Waals surface area (Å²) in [4.78, 5) is 35.1. The van der Waals surface area contributed by atoms with Crippen LogP contribution < -0.4 is 16.2 Å². The minimum atomic E-state index is -0.267. The fourth-order valence-electron chi connectivity index (χ4n) is 2.66. The van der Waals surface area contributed by atoms with Crippen LogP contribution in [0.3, 0.4) is 0 Å². The average Bonchev–Trinajstić information content (AvgIpc) is 3.34. The Morgan fingerprint density at radius 3 is 2.86 bits per heavy atom. The molecule has 1 aliphatic carbocycles. The van der Waals surface area contributed by atoms with Gasteiger partial charge >= 0.3 is 0 Å². The Bertz CT molecular complexity index is 636. The molecule has 118 valence electrons. The van der Waals surface area contributed by atoms with Gasteiger partial charge in [-0.25, -0.2) is 4.68 Å². The van der Waals surface area contributed by atoms with Crippen molar-refractivity contribution < 1.29 is 9.59 Å². The monoisotopic (exact) mass is 304 g/mol. The molecule has 2 fully saturated rings. The Labute approximate surface area is 128 Å². The van der Waals surface area contributed by atoms with E-state index < -0.39 is 0 Å². The van der Waals surface area contributed by atoms with E-state index in [0.717, 1.165) is 18.5 Å². The number of aromatic nitrogens is 2. The summed E-state index contributed by atoms with van der Waals surface area (Å²) in [5.74, 6) is 0.0149. The lowest BCUT2D eigenvalue weighted by molar-refractivity contribution is -0.132. The number of carbonyl (C=O) groups excluding carboxylic acids is 2. The van der Waals surface area contributed by atoms with Crippen LogP contribution in [0.5, 0.6) is 0 Å². The van der Waals surface area contributed by atoms with Crippen LogP contribution in [-0.4, -0.2) is 34.7 Å². The zero-order chi connectivity index (χ0) is 15.5. The quantitative estimate of drug-likeness (QED) is 0.785. The van der Waals surface area contributed by atoms with Crippen LogP contribution in [0.25, 0.3) is 0 Å². The Kier molecular flexibility index (Phi) is 4.22. The third kappa shape index (κ3) is 3.52. The van der Waals surface area contributed by atoms with E-state index in [2.05, 4.69) is 15.7 Å². The highest BCUT2D eigenvalue weighted by Gasteiger charge is 2.26. The largest absolute Gasteiger partial charge is 0.356 e. The fourth-order valence-corrected chi connectivity index (χ4v) is 2.66. The van der Waals surface area contributed by atoms with Crippen molar-refractivity contribution >= 4 is 11.8 Å². The molecule has 1 unspecified atom stereocenters. The molecule has 7 nitrogen and oxygen atoms in total. The zero-order valence-corrected chi connectivity index (χ0v) is 12.4. The van der Waals surface area contributed by atoms with Gasteiger partial charge in [0, 0.05) is 37.4 Å². The molecule has 2 aliphatic rings. The van der Waals surface area contributed by atoms with Crippen molar-refractivity contribution in [3.8, 4) is 0 Å². The van der Waals surface area contributed by atoms with Crippen molar-refractivity contribution in [2.45, 2.75) is 38.1 Å². The number of carbonyl (C=O) groups is 2. The molecule has 0 aromatic carbocycles. The van der Waals surface area contributed by atoms with Crippen LogP contribution in [0.15, 0.2) is 16.9 Å². The summed E-state index contributed by atoms with van der Waals surface area (Å²) in [5, 5.41) is 9.84. The van der Waals surface area contributed by atoms with Crippen LogP contribution in [0.2, 0.25) is 0 Å². The van der Waals surface area contributed by atoms with Crippen molar-refractivity contribution in [1.82, 2.24) is 20.4 Å². The van der Waals surface area contributed by atoms with Gasteiger partial charge in [0.15, 0.2) is 0 Å². The van der Waals surface area contributed by atoms with Crippen LogP contribution >= 0.6 is 0 Å². The first-order chi connectivity index (χ1) is 10.6. The van der Waals surface area contributed by atoms with E-state index in [-0.39, 0.29) is 29.7 Å². The first kappa shape index (κ1) is 14.7. The number of nitrogens with zero attached hydrogens (tertiary/aromatic N) is 2. The van der Waals surface area contributed by atoms with Gasteiger partial charge in [0.25, 0.3) is 5.56 Å². The maximum Gasteiger partial charge on any atom is 0.266 e. The van der Waals surface area contributed by atoms with Gasteiger partial charge in [0.05, 0.1) is 12.2 Å². The van der Waals surface area contributed by atoms with E-state index in [4.69, 9.17) is 0 Å². The van der Waals surface area contributed by atoms with Crippen molar-refractivity contribution in [3.05, 3.63) is 28.2 Å². The van der Waals surface area contributed by atoms with Gasteiger partial charge < -0.3 is 10.6 Å². The van der Waals surface area contributed by atoms with E-state index in [1.54, 1.807) is 6.07 Å². The summed E-state index contributed by atoms with van der Waals surface area (Å²) in [5.41, 5.74) is 0.797. The Hall–Kier alpha value is -2.18. The standard InChI is InChI=1S/C15H20N4O3/c20-13-9-11(5-6-16-13)15(22)17-7-8-19-14(21)4-3-12(18-19)10-1-2-10/h3-4,10-11H,1-2,5-9H2,(H,16,20)(H,17,22). The summed E-state index contributed by atoms with van der Waals surface area (Å²) in [6.07, 6.45) is 3.16. The first-order valence-electron chi connectivity index (χ1n) is 7.76. The smallest absolute Gasteiger partial charge is 0.266 e. The lowest BCUT2D eigenvalue weighted by Crippen LogP contribution is -2.42.